The zero-order valence-corrected chi connectivity index (χ0v) is 14.7. The van der Waals surface area contributed by atoms with Gasteiger partial charge in [-0.05, 0) is 57.3 Å². The molecule has 9 heteroatoms. The van der Waals surface area contributed by atoms with E-state index in [1.54, 1.807) is 0 Å². The van der Waals surface area contributed by atoms with Gasteiger partial charge in [0.1, 0.15) is 0 Å². The van der Waals surface area contributed by atoms with Gasteiger partial charge in [0.2, 0.25) is 0 Å². The molecule has 0 aromatic carbocycles. The molecule has 0 radical (unpaired) electrons. The van der Waals surface area contributed by atoms with Gasteiger partial charge in [0, 0.05) is 11.0 Å². The number of esters is 1. The van der Waals surface area contributed by atoms with E-state index < -0.39 is 32.6 Å². The Balaban J connectivity index is 1.81. The fourth-order valence-electron chi connectivity index (χ4n) is 5.25. The smallest absolute Gasteiger partial charge is 0.462 e. The standard InChI is InChI=1S/C16H21F3O5S/c1-10(2)13(20)23-9-14-4-11-3-12(5-14)7-15(6-11,8-14)24-25(21,22)16(17,18)19/h11-12H,1,3-9H2,2H3. The van der Waals surface area contributed by atoms with Gasteiger partial charge in [-0.3, -0.25) is 4.18 Å². The Hall–Kier alpha value is -1.09. The number of hydrogen-bond acceptors (Lipinski definition) is 5. The molecule has 142 valence electrons. The third-order valence-electron chi connectivity index (χ3n) is 5.56. The Bertz CT molecular complexity index is 683. The number of carbonyl (C=O) groups is 1. The van der Waals surface area contributed by atoms with E-state index in [4.69, 9.17) is 8.92 Å². The van der Waals surface area contributed by atoms with Gasteiger partial charge in [-0.15, -0.1) is 0 Å². The van der Waals surface area contributed by atoms with Crippen molar-refractivity contribution in [3.63, 3.8) is 0 Å². The molecule has 0 amide bonds. The second-order valence-corrected chi connectivity index (χ2v) is 9.52. The van der Waals surface area contributed by atoms with Crippen LogP contribution in [0.3, 0.4) is 0 Å². The largest absolute Gasteiger partial charge is 0.523 e. The molecule has 4 saturated carbocycles. The van der Waals surface area contributed by atoms with Crippen molar-refractivity contribution in [1.82, 2.24) is 0 Å². The van der Waals surface area contributed by atoms with Crippen molar-refractivity contribution in [2.45, 2.75) is 56.6 Å². The lowest BCUT2D eigenvalue weighted by molar-refractivity contribution is -0.179. The molecule has 4 rings (SSSR count). The van der Waals surface area contributed by atoms with Crippen LogP contribution < -0.4 is 0 Å². The van der Waals surface area contributed by atoms with Crippen molar-refractivity contribution in [3.05, 3.63) is 12.2 Å². The van der Waals surface area contributed by atoms with E-state index in [0.717, 1.165) is 6.42 Å². The molecule has 0 aromatic rings. The van der Waals surface area contributed by atoms with Crippen molar-refractivity contribution in [1.29, 1.82) is 0 Å². The van der Waals surface area contributed by atoms with Crippen molar-refractivity contribution in [2.75, 3.05) is 6.61 Å². The van der Waals surface area contributed by atoms with Gasteiger partial charge in [-0.25, -0.2) is 4.79 Å². The average molecular weight is 382 g/mol. The first-order valence-electron chi connectivity index (χ1n) is 8.20. The third kappa shape index (κ3) is 3.45. The van der Waals surface area contributed by atoms with Crippen LogP contribution in [0.2, 0.25) is 0 Å². The molecule has 2 atom stereocenters. The highest BCUT2D eigenvalue weighted by Crippen LogP contribution is 2.63. The molecular weight excluding hydrogens is 361 g/mol. The first-order valence-corrected chi connectivity index (χ1v) is 9.61. The van der Waals surface area contributed by atoms with E-state index in [-0.39, 0.29) is 30.4 Å². The second kappa shape index (κ2) is 5.70. The lowest BCUT2D eigenvalue weighted by Gasteiger charge is -2.60. The van der Waals surface area contributed by atoms with Gasteiger partial charge >= 0.3 is 21.6 Å². The van der Waals surface area contributed by atoms with Crippen LogP contribution in [-0.4, -0.2) is 32.1 Å². The lowest BCUT2D eigenvalue weighted by Crippen LogP contribution is -2.59. The first-order chi connectivity index (χ1) is 11.4. The summed E-state index contributed by atoms with van der Waals surface area (Å²) in [7, 11) is -5.65. The molecule has 4 fully saturated rings. The fourth-order valence-corrected chi connectivity index (χ4v) is 6.01. The molecule has 0 saturated heterocycles. The van der Waals surface area contributed by atoms with Crippen molar-refractivity contribution >= 4 is 16.1 Å². The molecular formula is C16H21F3O5S. The molecule has 0 N–H and O–H groups in total. The maximum atomic E-state index is 12.8. The molecule has 2 unspecified atom stereocenters. The Labute approximate surface area is 144 Å². The van der Waals surface area contributed by atoms with Gasteiger partial charge in [0.15, 0.2) is 0 Å². The summed E-state index contributed by atoms with van der Waals surface area (Å²) in [6, 6.07) is 0. The van der Waals surface area contributed by atoms with Gasteiger partial charge in [0.25, 0.3) is 0 Å². The number of alkyl halides is 3. The van der Waals surface area contributed by atoms with Gasteiger partial charge in [-0.1, -0.05) is 6.58 Å². The Morgan fingerprint density at radius 2 is 1.76 bits per heavy atom. The minimum atomic E-state index is -5.65. The minimum absolute atomic E-state index is 0.0584. The van der Waals surface area contributed by atoms with E-state index in [2.05, 4.69) is 6.58 Å². The van der Waals surface area contributed by atoms with E-state index in [1.165, 1.54) is 6.92 Å². The summed E-state index contributed by atoms with van der Waals surface area (Å²) >= 11 is 0. The van der Waals surface area contributed by atoms with Crippen LogP contribution >= 0.6 is 0 Å². The summed E-state index contributed by atoms with van der Waals surface area (Å²) in [5.41, 5.74) is -7.05. The quantitative estimate of drug-likeness (QED) is 0.316. The summed E-state index contributed by atoms with van der Waals surface area (Å²) < 4.78 is 71.4. The fraction of sp³-hybridized carbons (Fsp3) is 0.812. The van der Waals surface area contributed by atoms with Crippen LogP contribution in [0.15, 0.2) is 12.2 Å². The Morgan fingerprint density at radius 1 is 1.20 bits per heavy atom. The highest BCUT2D eigenvalue weighted by atomic mass is 32.2. The highest BCUT2D eigenvalue weighted by molar-refractivity contribution is 7.87. The molecule has 0 aromatic heterocycles. The first kappa shape index (κ1) is 18.7. The SMILES string of the molecule is C=C(C)C(=O)OCC12CC3CC(C1)CC(OS(=O)(=O)C(F)(F)F)(C3)C2. The zero-order chi connectivity index (χ0) is 18.7. The summed E-state index contributed by atoms with van der Waals surface area (Å²) in [4.78, 5) is 11.7. The predicted molar refractivity (Wildman–Crippen MR) is 81.7 cm³/mol. The second-order valence-electron chi connectivity index (χ2n) is 7.98. The minimum Gasteiger partial charge on any atom is -0.462 e. The summed E-state index contributed by atoms with van der Waals surface area (Å²) in [5, 5.41) is 0. The summed E-state index contributed by atoms with van der Waals surface area (Å²) in [6.45, 7) is 5.08. The van der Waals surface area contributed by atoms with E-state index in [1.807, 2.05) is 0 Å². The maximum absolute atomic E-state index is 12.8. The molecule has 5 nitrogen and oxygen atoms in total. The summed E-state index contributed by atoms with van der Waals surface area (Å²) in [5.74, 6) is -0.366. The van der Waals surface area contributed by atoms with Crippen LogP contribution in [0.4, 0.5) is 13.2 Å². The third-order valence-corrected chi connectivity index (χ3v) is 6.70. The normalized spacial score (nSPS) is 37.1. The predicted octanol–water partition coefficient (Wildman–Crippen LogP) is 3.31. The number of halogens is 3. The molecule has 4 aliphatic rings. The van der Waals surface area contributed by atoms with E-state index >= 15 is 0 Å². The molecule has 4 bridgehead atoms. The van der Waals surface area contributed by atoms with Gasteiger partial charge < -0.3 is 4.74 Å². The van der Waals surface area contributed by atoms with Crippen LogP contribution in [0.5, 0.6) is 0 Å². The van der Waals surface area contributed by atoms with Crippen LogP contribution in [-0.2, 0) is 23.8 Å². The number of carbonyl (C=O) groups excluding carboxylic acids is 1. The van der Waals surface area contributed by atoms with E-state index in [0.29, 0.717) is 25.7 Å². The number of ether oxygens (including phenoxy) is 1. The lowest BCUT2D eigenvalue weighted by atomic mass is 9.48. The van der Waals surface area contributed by atoms with Gasteiger partial charge in [0.05, 0.1) is 12.2 Å². The van der Waals surface area contributed by atoms with Crippen molar-refractivity contribution in [2.24, 2.45) is 17.3 Å². The molecule has 0 spiro atoms. The van der Waals surface area contributed by atoms with Crippen LogP contribution in [0.25, 0.3) is 0 Å². The maximum Gasteiger partial charge on any atom is 0.523 e. The van der Waals surface area contributed by atoms with Crippen LogP contribution in [0, 0.1) is 17.3 Å². The van der Waals surface area contributed by atoms with Crippen LogP contribution in [0.1, 0.15) is 45.4 Å². The number of hydrogen-bond donors (Lipinski definition) is 0. The average Bonchev–Trinajstić information content (AvgIpc) is 2.40. The molecule has 0 aliphatic heterocycles. The molecule has 4 aliphatic carbocycles. The number of rotatable bonds is 5. The Kier molecular flexibility index (Phi) is 4.27. The molecule has 25 heavy (non-hydrogen) atoms. The topological polar surface area (TPSA) is 69.7 Å². The van der Waals surface area contributed by atoms with Gasteiger partial charge in [-0.2, -0.15) is 21.6 Å². The highest BCUT2D eigenvalue weighted by Gasteiger charge is 2.62. The van der Waals surface area contributed by atoms with Crippen molar-refractivity contribution in [3.8, 4) is 0 Å². The van der Waals surface area contributed by atoms with Crippen molar-refractivity contribution < 1.29 is 35.3 Å². The zero-order valence-electron chi connectivity index (χ0n) is 13.9. The molecule has 0 heterocycles. The monoisotopic (exact) mass is 382 g/mol. The Morgan fingerprint density at radius 3 is 2.24 bits per heavy atom. The summed E-state index contributed by atoms with van der Waals surface area (Å²) in [6.07, 6.45) is 3.04. The van der Waals surface area contributed by atoms with E-state index in [9.17, 15) is 26.4 Å².